The number of nitriles is 1. The van der Waals surface area contributed by atoms with Crippen LogP contribution in [0.4, 0.5) is 0 Å². The molecule has 2 aromatic heterocycles. The van der Waals surface area contributed by atoms with Crippen LogP contribution in [0.2, 0.25) is 0 Å². The standard InChI is InChI=1S/C20H19N3OS2/c1-13-7-5-6-9-15(13)23-19(24)17-14-8-3-2-4-10-16(14)26-18(17)22-20(23)25-12-11-21/h5-7,9H,2-4,8,10,12H2,1H3. The first kappa shape index (κ1) is 17.3. The molecular formula is C20H19N3OS2. The number of benzene rings is 1. The summed E-state index contributed by atoms with van der Waals surface area (Å²) in [6, 6.07) is 10.00. The van der Waals surface area contributed by atoms with Gasteiger partial charge in [-0.1, -0.05) is 36.4 Å². The summed E-state index contributed by atoms with van der Waals surface area (Å²) in [6.07, 6.45) is 5.54. The molecule has 1 aliphatic rings. The lowest BCUT2D eigenvalue weighted by Gasteiger charge is -2.13. The molecule has 6 heteroatoms. The van der Waals surface area contributed by atoms with Crippen LogP contribution >= 0.6 is 23.1 Å². The van der Waals surface area contributed by atoms with Crippen LogP contribution in [0, 0.1) is 18.3 Å². The van der Waals surface area contributed by atoms with Crippen molar-refractivity contribution in [3.63, 3.8) is 0 Å². The summed E-state index contributed by atoms with van der Waals surface area (Å²) >= 11 is 2.99. The minimum Gasteiger partial charge on any atom is -0.268 e. The highest BCUT2D eigenvalue weighted by Gasteiger charge is 2.22. The molecule has 1 aromatic carbocycles. The lowest BCUT2D eigenvalue weighted by Crippen LogP contribution is -2.22. The number of rotatable bonds is 3. The molecule has 0 bridgehead atoms. The molecule has 3 aromatic rings. The number of hydrogen-bond donors (Lipinski definition) is 0. The van der Waals surface area contributed by atoms with Gasteiger partial charge in [0, 0.05) is 4.88 Å². The maximum absolute atomic E-state index is 13.5. The Morgan fingerprint density at radius 1 is 1.27 bits per heavy atom. The van der Waals surface area contributed by atoms with Gasteiger partial charge in [0.25, 0.3) is 5.56 Å². The van der Waals surface area contributed by atoms with Gasteiger partial charge in [-0.25, -0.2) is 4.98 Å². The van der Waals surface area contributed by atoms with E-state index in [9.17, 15) is 4.79 Å². The summed E-state index contributed by atoms with van der Waals surface area (Å²) < 4.78 is 1.71. The largest absolute Gasteiger partial charge is 0.268 e. The van der Waals surface area contributed by atoms with E-state index in [0.717, 1.165) is 40.7 Å². The molecule has 4 nitrogen and oxygen atoms in total. The van der Waals surface area contributed by atoms with Crippen LogP contribution in [-0.4, -0.2) is 15.3 Å². The van der Waals surface area contributed by atoms with Gasteiger partial charge in [0.2, 0.25) is 0 Å². The molecule has 0 aliphatic heterocycles. The van der Waals surface area contributed by atoms with Crippen LogP contribution in [-0.2, 0) is 12.8 Å². The Hall–Kier alpha value is -2.10. The third kappa shape index (κ3) is 2.95. The Morgan fingerprint density at radius 3 is 2.88 bits per heavy atom. The zero-order valence-corrected chi connectivity index (χ0v) is 16.3. The molecule has 1 aliphatic carbocycles. The van der Waals surface area contributed by atoms with Crippen LogP contribution in [0.5, 0.6) is 0 Å². The van der Waals surface area contributed by atoms with Crippen molar-refractivity contribution in [2.75, 3.05) is 5.75 Å². The van der Waals surface area contributed by atoms with Crippen molar-refractivity contribution in [2.24, 2.45) is 0 Å². The third-order valence-electron chi connectivity index (χ3n) is 4.83. The molecule has 0 atom stereocenters. The Bertz CT molecular complexity index is 1080. The zero-order valence-electron chi connectivity index (χ0n) is 14.6. The third-order valence-corrected chi connectivity index (χ3v) is 6.82. The van der Waals surface area contributed by atoms with E-state index >= 15 is 0 Å². The minimum atomic E-state index is 0.00383. The quantitative estimate of drug-likeness (QED) is 0.377. The summed E-state index contributed by atoms with van der Waals surface area (Å²) in [6.45, 7) is 2.00. The highest BCUT2D eigenvalue weighted by Crippen LogP contribution is 2.34. The summed E-state index contributed by atoms with van der Waals surface area (Å²) in [7, 11) is 0. The average Bonchev–Trinajstić information content (AvgIpc) is 2.82. The van der Waals surface area contributed by atoms with Crippen molar-refractivity contribution in [3.8, 4) is 11.8 Å². The zero-order chi connectivity index (χ0) is 18.1. The number of hydrogen-bond acceptors (Lipinski definition) is 5. The number of aromatic nitrogens is 2. The molecule has 0 amide bonds. The van der Waals surface area contributed by atoms with Crippen LogP contribution in [0.3, 0.4) is 0 Å². The van der Waals surface area contributed by atoms with Crippen molar-refractivity contribution in [2.45, 2.75) is 44.2 Å². The van der Waals surface area contributed by atoms with E-state index in [-0.39, 0.29) is 11.3 Å². The van der Waals surface area contributed by atoms with Crippen LogP contribution in [0.15, 0.2) is 34.2 Å². The summed E-state index contributed by atoms with van der Waals surface area (Å²) in [5.74, 6) is 0.273. The van der Waals surface area contributed by atoms with Gasteiger partial charge in [0.15, 0.2) is 5.16 Å². The van der Waals surface area contributed by atoms with E-state index in [0.29, 0.717) is 5.16 Å². The van der Waals surface area contributed by atoms with Crippen molar-refractivity contribution < 1.29 is 0 Å². The molecule has 132 valence electrons. The monoisotopic (exact) mass is 381 g/mol. The van der Waals surface area contributed by atoms with Gasteiger partial charge in [0.1, 0.15) is 4.83 Å². The van der Waals surface area contributed by atoms with Crippen molar-refractivity contribution in [1.29, 1.82) is 5.26 Å². The van der Waals surface area contributed by atoms with Gasteiger partial charge in [-0.15, -0.1) is 11.3 Å². The number of fused-ring (bicyclic) bond motifs is 3. The second kappa shape index (κ2) is 7.26. The van der Waals surface area contributed by atoms with E-state index in [1.54, 1.807) is 15.9 Å². The lowest BCUT2D eigenvalue weighted by molar-refractivity contribution is 0.713. The van der Waals surface area contributed by atoms with Crippen LogP contribution in [0.25, 0.3) is 15.9 Å². The maximum atomic E-state index is 13.5. The van der Waals surface area contributed by atoms with Gasteiger partial charge in [-0.05, 0) is 49.8 Å². The topological polar surface area (TPSA) is 58.7 Å². The predicted octanol–water partition coefficient (Wildman–Crippen LogP) is 4.64. The molecule has 0 fully saturated rings. The molecule has 4 rings (SSSR count). The molecule has 0 saturated heterocycles. The molecule has 2 heterocycles. The highest BCUT2D eigenvalue weighted by atomic mass is 32.2. The maximum Gasteiger partial charge on any atom is 0.267 e. The molecule has 0 unspecified atom stereocenters. The SMILES string of the molecule is Cc1ccccc1-n1c(SCC#N)nc2sc3c(c2c1=O)CCCCC3. The van der Waals surface area contributed by atoms with Gasteiger partial charge in [-0.3, -0.25) is 9.36 Å². The fraction of sp³-hybridized carbons (Fsp3) is 0.350. The van der Waals surface area contributed by atoms with Crippen LogP contribution in [0.1, 0.15) is 35.3 Å². The molecule has 0 spiro atoms. The first-order valence-corrected chi connectivity index (χ1v) is 10.6. The Morgan fingerprint density at radius 2 is 2.08 bits per heavy atom. The summed E-state index contributed by atoms with van der Waals surface area (Å²) in [4.78, 5) is 20.5. The fourth-order valence-electron chi connectivity index (χ4n) is 3.58. The second-order valence-electron chi connectivity index (χ2n) is 6.51. The van der Waals surface area contributed by atoms with E-state index in [1.807, 2.05) is 31.2 Å². The second-order valence-corrected chi connectivity index (χ2v) is 8.54. The van der Waals surface area contributed by atoms with E-state index in [2.05, 4.69) is 6.07 Å². The summed E-state index contributed by atoms with van der Waals surface area (Å²) in [5, 5.41) is 10.4. The molecule has 0 radical (unpaired) electrons. The van der Waals surface area contributed by atoms with Crippen molar-refractivity contribution in [3.05, 3.63) is 50.6 Å². The number of thioether (sulfide) groups is 1. The molecule has 0 N–H and O–H groups in total. The number of para-hydroxylation sites is 1. The van der Waals surface area contributed by atoms with Crippen molar-refractivity contribution in [1.82, 2.24) is 9.55 Å². The van der Waals surface area contributed by atoms with Gasteiger partial charge in [0.05, 0.1) is 22.9 Å². The van der Waals surface area contributed by atoms with E-state index in [4.69, 9.17) is 10.2 Å². The number of thiophene rings is 1. The predicted molar refractivity (Wildman–Crippen MR) is 108 cm³/mol. The number of nitrogens with zero attached hydrogens (tertiary/aromatic N) is 3. The van der Waals surface area contributed by atoms with Gasteiger partial charge in [-0.2, -0.15) is 5.26 Å². The average molecular weight is 382 g/mol. The lowest BCUT2D eigenvalue weighted by atomic mass is 10.1. The number of aryl methyl sites for hydroxylation is 3. The van der Waals surface area contributed by atoms with E-state index < -0.39 is 0 Å². The normalized spacial score (nSPS) is 14.0. The fourth-order valence-corrected chi connectivity index (χ4v) is 5.55. The molecular weight excluding hydrogens is 362 g/mol. The van der Waals surface area contributed by atoms with Crippen molar-refractivity contribution >= 4 is 33.3 Å². The smallest absolute Gasteiger partial charge is 0.267 e. The molecule has 26 heavy (non-hydrogen) atoms. The Kier molecular flexibility index (Phi) is 4.84. The summed E-state index contributed by atoms with van der Waals surface area (Å²) in [5.41, 5.74) is 3.08. The van der Waals surface area contributed by atoms with Crippen LogP contribution < -0.4 is 5.56 Å². The minimum absolute atomic E-state index is 0.00383. The Labute approximate surface area is 160 Å². The van der Waals surface area contributed by atoms with Gasteiger partial charge < -0.3 is 0 Å². The Balaban J connectivity index is 2.03. The van der Waals surface area contributed by atoms with Gasteiger partial charge >= 0.3 is 0 Å². The first-order valence-electron chi connectivity index (χ1n) is 8.83. The highest BCUT2D eigenvalue weighted by molar-refractivity contribution is 7.99. The van der Waals surface area contributed by atoms with E-state index in [1.165, 1.54) is 35.0 Å². The molecule has 0 saturated carbocycles. The first-order chi connectivity index (χ1) is 12.7.